The molecule has 1 amide bonds. The van der Waals surface area contributed by atoms with E-state index in [1.165, 1.54) is 11.3 Å². The van der Waals surface area contributed by atoms with E-state index in [0.717, 1.165) is 5.69 Å². The molecule has 90 valence electrons. The van der Waals surface area contributed by atoms with Crippen LogP contribution in [-0.2, 0) is 13.6 Å². The number of hydrogen-bond acceptors (Lipinski definition) is 5. The Hall–Kier alpha value is -1.89. The Balaban J connectivity index is 2.00. The number of thiazole rings is 1. The zero-order valence-corrected chi connectivity index (χ0v) is 10.4. The first-order chi connectivity index (χ1) is 8.06. The number of amides is 1. The minimum Gasteiger partial charge on any atom is -0.375 e. The lowest BCUT2D eigenvalue weighted by molar-refractivity contribution is 0.0953. The summed E-state index contributed by atoms with van der Waals surface area (Å²) in [6.07, 6.45) is 1.83. The van der Waals surface area contributed by atoms with Crippen molar-refractivity contribution in [2.75, 3.05) is 5.73 Å². The predicted molar refractivity (Wildman–Crippen MR) is 65.6 cm³/mol. The molecule has 0 spiro atoms. The molecule has 0 fully saturated rings. The van der Waals surface area contributed by atoms with Gasteiger partial charge in [-0.05, 0) is 13.0 Å². The topological polar surface area (TPSA) is 85.8 Å². The van der Waals surface area contributed by atoms with Crippen molar-refractivity contribution in [2.24, 2.45) is 7.05 Å². The van der Waals surface area contributed by atoms with Crippen molar-refractivity contribution in [1.29, 1.82) is 0 Å². The highest BCUT2D eigenvalue weighted by Crippen LogP contribution is 2.19. The lowest BCUT2D eigenvalue weighted by Crippen LogP contribution is -2.22. The fourth-order valence-electron chi connectivity index (χ4n) is 1.44. The summed E-state index contributed by atoms with van der Waals surface area (Å²) in [5, 5.41) is 7.36. The summed E-state index contributed by atoms with van der Waals surface area (Å²) >= 11 is 1.19. The molecule has 0 aliphatic carbocycles. The standard InChI is InChI=1S/C10H13N5OS/c1-6-8(17-10(11)13-6)9(16)12-5-7-3-4-15(2)14-7/h3-4H,5H2,1-2H3,(H2,11,13)(H,12,16). The molecule has 2 heterocycles. The lowest BCUT2D eigenvalue weighted by atomic mass is 10.3. The van der Waals surface area contributed by atoms with Crippen LogP contribution in [-0.4, -0.2) is 20.7 Å². The van der Waals surface area contributed by atoms with Gasteiger partial charge in [-0.25, -0.2) is 4.98 Å². The van der Waals surface area contributed by atoms with Gasteiger partial charge in [0.25, 0.3) is 5.91 Å². The smallest absolute Gasteiger partial charge is 0.263 e. The Kier molecular flexibility index (Phi) is 3.10. The van der Waals surface area contributed by atoms with Crippen LogP contribution in [0.15, 0.2) is 12.3 Å². The number of hydrogen-bond donors (Lipinski definition) is 2. The van der Waals surface area contributed by atoms with Crippen molar-refractivity contribution in [3.8, 4) is 0 Å². The van der Waals surface area contributed by atoms with Crippen LogP contribution < -0.4 is 11.1 Å². The van der Waals surface area contributed by atoms with E-state index in [0.29, 0.717) is 22.2 Å². The molecule has 0 aliphatic rings. The fraction of sp³-hybridized carbons (Fsp3) is 0.300. The van der Waals surface area contributed by atoms with Gasteiger partial charge < -0.3 is 11.1 Å². The number of anilines is 1. The molecule has 0 aliphatic heterocycles. The van der Waals surface area contributed by atoms with E-state index in [9.17, 15) is 4.79 Å². The molecule has 0 bridgehead atoms. The van der Waals surface area contributed by atoms with Gasteiger partial charge in [0.1, 0.15) is 4.88 Å². The van der Waals surface area contributed by atoms with Gasteiger partial charge >= 0.3 is 0 Å². The molecule has 0 saturated heterocycles. The van der Waals surface area contributed by atoms with Crippen molar-refractivity contribution < 1.29 is 4.79 Å². The molecule has 0 saturated carbocycles. The number of nitrogens with two attached hydrogens (primary N) is 1. The lowest BCUT2D eigenvalue weighted by Gasteiger charge is -2.01. The molecule has 0 unspecified atom stereocenters. The Morgan fingerprint density at radius 2 is 2.41 bits per heavy atom. The van der Waals surface area contributed by atoms with Gasteiger partial charge in [-0.1, -0.05) is 11.3 Å². The van der Waals surface area contributed by atoms with Crippen LogP contribution >= 0.6 is 11.3 Å². The Labute approximate surface area is 102 Å². The van der Waals surface area contributed by atoms with Crippen LogP contribution in [0.5, 0.6) is 0 Å². The number of nitrogens with zero attached hydrogens (tertiary/aromatic N) is 3. The van der Waals surface area contributed by atoms with Crippen LogP contribution in [0, 0.1) is 6.92 Å². The first-order valence-electron chi connectivity index (χ1n) is 5.06. The Bertz CT molecular complexity index is 545. The minimum absolute atomic E-state index is 0.164. The van der Waals surface area contributed by atoms with Crippen LogP contribution in [0.1, 0.15) is 21.1 Å². The molecule has 17 heavy (non-hydrogen) atoms. The van der Waals surface area contributed by atoms with E-state index in [-0.39, 0.29) is 5.91 Å². The van der Waals surface area contributed by atoms with Gasteiger partial charge in [-0.3, -0.25) is 9.48 Å². The van der Waals surface area contributed by atoms with Crippen LogP contribution in [0.3, 0.4) is 0 Å². The molecule has 0 radical (unpaired) electrons. The molecular formula is C10H13N5OS. The van der Waals surface area contributed by atoms with E-state index in [4.69, 9.17) is 5.73 Å². The van der Waals surface area contributed by atoms with E-state index in [2.05, 4.69) is 15.4 Å². The normalized spacial score (nSPS) is 10.5. The monoisotopic (exact) mass is 251 g/mol. The van der Waals surface area contributed by atoms with Crippen molar-refractivity contribution in [3.05, 3.63) is 28.5 Å². The molecule has 0 aromatic carbocycles. The molecule has 2 aromatic rings. The highest BCUT2D eigenvalue weighted by Gasteiger charge is 2.13. The summed E-state index contributed by atoms with van der Waals surface area (Å²) in [6, 6.07) is 1.86. The van der Waals surface area contributed by atoms with Gasteiger partial charge in [0.05, 0.1) is 17.9 Å². The van der Waals surface area contributed by atoms with Crippen molar-refractivity contribution in [1.82, 2.24) is 20.1 Å². The highest BCUT2D eigenvalue weighted by atomic mass is 32.1. The van der Waals surface area contributed by atoms with Crippen molar-refractivity contribution in [3.63, 3.8) is 0 Å². The second-order valence-corrected chi connectivity index (χ2v) is 4.66. The average molecular weight is 251 g/mol. The fourth-order valence-corrected chi connectivity index (χ4v) is 2.19. The number of nitrogen functional groups attached to an aromatic ring is 1. The number of nitrogens with one attached hydrogen (secondary N) is 1. The van der Waals surface area contributed by atoms with Gasteiger partial charge in [0.2, 0.25) is 0 Å². The maximum absolute atomic E-state index is 11.8. The van der Waals surface area contributed by atoms with E-state index >= 15 is 0 Å². The summed E-state index contributed by atoms with van der Waals surface area (Å²) < 4.78 is 1.69. The molecule has 6 nitrogen and oxygen atoms in total. The second-order valence-electron chi connectivity index (χ2n) is 3.63. The largest absolute Gasteiger partial charge is 0.375 e. The Morgan fingerprint density at radius 3 is 2.94 bits per heavy atom. The number of carbonyl (C=O) groups excluding carboxylic acids is 1. The zero-order valence-electron chi connectivity index (χ0n) is 9.60. The summed E-state index contributed by atoms with van der Waals surface area (Å²) in [6.45, 7) is 2.17. The molecule has 2 aromatic heterocycles. The quantitative estimate of drug-likeness (QED) is 0.840. The van der Waals surface area contributed by atoms with Crippen LogP contribution in [0.4, 0.5) is 5.13 Å². The van der Waals surface area contributed by atoms with E-state index in [1.54, 1.807) is 11.6 Å². The third kappa shape index (κ3) is 2.62. The summed E-state index contributed by atoms with van der Waals surface area (Å²) in [7, 11) is 1.83. The molecule has 3 N–H and O–H groups in total. The predicted octanol–water partition coefficient (Wildman–Crippen LogP) is 0.697. The third-order valence-corrected chi connectivity index (χ3v) is 3.20. The van der Waals surface area contributed by atoms with Gasteiger partial charge in [0, 0.05) is 13.2 Å². The molecule has 7 heteroatoms. The second kappa shape index (κ2) is 4.54. The van der Waals surface area contributed by atoms with Crippen LogP contribution in [0.25, 0.3) is 0 Å². The van der Waals surface area contributed by atoms with Crippen molar-refractivity contribution in [2.45, 2.75) is 13.5 Å². The Morgan fingerprint density at radius 1 is 1.65 bits per heavy atom. The maximum Gasteiger partial charge on any atom is 0.263 e. The molecule has 2 rings (SSSR count). The SMILES string of the molecule is Cc1nc(N)sc1C(=O)NCc1ccn(C)n1. The summed E-state index contributed by atoms with van der Waals surface area (Å²) in [5.41, 5.74) is 7.01. The first kappa shape index (κ1) is 11.6. The number of aryl methyl sites for hydroxylation is 2. The number of aromatic nitrogens is 3. The minimum atomic E-state index is -0.164. The van der Waals surface area contributed by atoms with Gasteiger partial charge in [-0.2, -0.15) is 5.10 Å². The average Bonchev–Trinajstić information content (AvgIpc) is 2.81. The zero-order chi connectivity index (χ0) is 12.4. The maximum atomic E-state index is 11.8. The third-order valence-electron chi connectivity index (χ3n) is 2.22. The van der Waals surface area contributed by atoms with E-state index in [1.807, 2.05) is 19.3 Å². The van der Waals surface area contributed by atoms with E-state index < -0.39 is 0 Å². The number of rotatable bonds is 3. The summed E-state index contributed by atoms with van der Waals surface area (Å²) in [5.74, 6) is -0.164. The van der Waals surface area contributed by atoms with Crippen LogP contribution in [0.2, 0.25) is 0 Å². The molecule has 0 atom stereocenters. The number of carbonyl (C=O) groups is 1. The summed E-state index contributed by atoms with van der Waals surface area (Å²) in [4.78, 5) is 16.4. The molecular weight excluding hydrogens is 238 g/mol. The van der Waals surface area contributed by atoms with Gasteiger partial charge in [-0.15, -0.1) is 0 Å². The van der Waals surface area contributed by atoms with Gasteiger partial charge in [0.15, 0.2) is 5.13 Å². The highest BCUT2D eigenvalue weighted by molar-refractivity contribution is 7.17. The van der Waals surface area contributed by atoms with Crippen molar-refractivity contribution >= 4 is 22.4 Å². The first-order valence-corrected chi connectivity index (χ1v) is 5.87.